The van der Waals surface area contributed by atoms with Crippen LogP contribution in [0.5, 0.6) is 0 Å². The van der Waals surface area contributed by atoms with E-state index in [-0.39, 0.29) is 24.0 Å². The monoisotopic (exact) mass is 441 g/mol. The molecule has 0 radical (unpaired) electrons. The Hall–Kier alpha value is -1.84. The van der Waals surface area contributed by atoms with E-state index in [0.717, 1.165) is 44.6 Å². The van der Waals surface area contributed by atoms with Crippen molar-refractivity contribution in [2.45, 2.75) is 6.54 Å². The molecule has 0 unspecified atom stereocenters. The Morgan fingerprint density at radius 1 is 1.17 bits per heavy atom. The largest absolute Gasteiger partial charge is 0.353 e. The average Bonchev–Trinajstić information content (AvgIpc) is 3.02. The summed E-state index contributed by atoms with van der Waals surface area (Å²) < 4.78 is 2.12. The van der Waals surface area contributed by atoms with Crippen molar-refractivity contribution in [3.63, 3.8) is 0 Å². The molecule has 3 rings (SSSR count). The van der Waals surface area contributed by atoms with Gasteiger partial charge < -0.3 is 19.7 Å². The zero-order valence-corrected chi connectivity index (χ0v) is 16.4. The van der Waals surface area contributed by atoms with Crippen molar-refractivity contribution in [1.82, 2.24) is 24.8 Å². The van der Waals surface area contributed by atoms with Crippen molar-refractivity contribution in [3.8, 4) is 0 Å². The van der Waals surface area contributed by atoms with E-state index in [2.05, 4.69) is 60.0 Å². The van der Waals surface area contributed by atoms with Crippen molar-refractivity contribution in [2.75, 3.05) is 38.1 Å². The number of anilines is 1. The number of hydrogen-bond acceptors (Lipinski definition) is 4. The summed E-state index contributed by atoms with van der Waals surface area (Å²) in [4.78, 5) is 17.5. The van der Waals surface area contributed by atoms with Gasteiger partial charge in [0, 0.05) is 64.6 Å². The summed E-state index contributed by atoms with van der Waals surface area (Å²) in [7, 11) is 3.89. The summed E-state index contributed by atoms with van der Waals surface area (Å²) >= 11 is 0. The van der Waals surface area contributed by atoms with Crippen LogP contribution in [0.4, 0.5) is 5.95 Å². The molecule has 130 valence electrons. The van der Waals surface area contributed by atoms with Gasteiger partial charge in [0.25, 0.3) is 0 Å². The SMILES string of the molecule is CN=C(NCc1cccn1C)N1CCN(c2ncccn2)CC1.I. The van der Waals surface area contributed by atoms with Gasteiger partial charge in [0.2, 0.25) is 5.95 Å². The number of guanidine groups is 1. The molecule has 2 aromatic rings. The van der Waals surface area contributed by atoms with Crippen LogP contribution in [0.3, 0.4) is 0 Å². The number of nitrogens with one attached hydrogen (secondary N) is 1. The van der Waals surface area contributed by atoms with Crippen molar-refractivity contribution in [1.29, 1.82) is 0 Å². The number of halogens is 1. The van der Waals surface area contributed by atoms with Gasteiger partial charge in [-0.25, -0.2) is 9.97 Å². The maximum atomic E-state index is 4.41. The lowest BCUT2D eigenvalue weighted by atomic mass is 10.3. The summed E-state index contributed by atoms with van der Waals surface area (Å²) in [6.45, 7) is 4.39. The molecule has 0 atom stereocenters. The zero-order valence-electron chi connectivity index (χ0n) is 14.1. The van der Waals surface area contributed by atoms with Crippen LogP contribution >= 0.6 is 24.0 Å². The van der Waals surface area contributed by atoms with E-state index >= 15 is 0 Å². The molecule has 1 fully saturated rings. The second kappa shape index (κ2) is 8.86. The fraction of sp³-hybridized carbons (Fsp3) is 0.438. The smallest absolute Gasteiger partial charge is 0.225 e. The second-order valence-corrected chi connectivity index (χ2v) is 5.53. The van der Waals surface area contributed by atoms with Crippen LogP contribution in [0.15, 0.2) is 41.8 Å². The fourth-order valence-corrected chi connectivity index (χ4v) is 2.75. The second-order valence-electron chi connectivity index (χ2n) is 5.53. The lowest BCUT2D eigenvalue weighted by Gasteiger charge is -2.36. The van der Waals surface area contributed by atoms with Gasteiger partial charge in [0.1, 0.15) is 0 Å². The third-order valence-electron chi connectivity index (χ3n) is 4.10. The highest BCUT2D eigenvalue weighted by molar-refractivity contribution is 14.0. The quantitative estimate of drug-likeness (QED) is 0.443. The first-order valence-electron chi connectivity index (χ1n) is 7.85. The molecular formula is C16H24IN7. The average molecular weight is 441 g/mol. The summed E-state index contributed by atoms with van der Waals surface area (Å²) in [5, 5.41) is 3.44. The number of aromatic nitrogens is 3. The van der Waals surface area contributed by atoms with Crippen LogP contribution in [-0.4, -0.2) is 58.6 Å². The van der Waals surface area contributed by atoms with Crippen LogP contribution < -0.4 is 10.2 Å². The number of aliphatic imine (C=N–C) groups is 1. The van der Waals surface area contributed by atoms with Crippen molar-refractivity contribution < 1.29 is 0 Å². The molecule has 3 heterocycles. The molecule has 1 N–H and O–H groups in total. The van der Waals surface area contributed by atoms with Gasteiger partial charge in [-0.05, 0) is 18.2 Å². The molecule has 24 heavy (non-hydrogen) atoms. The maximum absolute atomic E-state index is 4.41. The molecule has 7 nitrogen and oxygen atoms in total. The van der Waals surface area contributed by atoms with Crippen LogP contribution in [0.25, 0.3) is 0 Å². The van der Waals surface area contributed by atoms with Gasteiger partial charge in [0.15, 0.2) is 5.96 Å². The molecule has 2 aromatic heterocycles. The topological polar surface area (TPSA) is 61.6 Å². The van der Waals surface area contributed by atoms with E-state index in [0.29, 0.717) is 0 Å². The van der Waals surface area contributed by atoms with Gasteiger partial charge in [0.05, 0.1) is 6.54 Å². The molecule has 1 saturated heterocycles. The molecule has 8 heteroatoms. The lowest BCUT2D eigenvalue weighted by molar-refractivity contribution is 0.369. The molecule has 1 aliphatic rings. The molecule has 0 aromatic carbocycles. The van der Waals surface area contributed by atoms with Crippen LogP contribution in [-0.2, 0) is 13.6 Å². The van der Waals surface area contributed by atoms with E-state index in [1.807, 2.05) is 13.1 Å². The molecular weight excluding hydrogens is 417 g/mol. The summed E-state index contributed by atoms with van der Waals surface area (Å²) in [6.07, 6.45) is 5.63. The van der Waals surface area contributed by atoms with E-state index in [9.17, 15) is 0 Å². The van der Waals surface area contributed by atoms with Gasteiger partial charge in [-0.2, -0.15) is 0 Å². The molecule has 0 saturated carbocycles. The summed E-state index contributed by atoms with van der Waals surface area (Å²) in [5.41, 5.74) is 1.24. The van der Waals surface area contributed by atoms with E-state index in [1.54, 1.807) is 12.4 Å². The van der Waals surface area contributed by atoms with Crippen molar-refractivity contribution in [3.05, 3.63) is 42.5 Å². The van der Waals surface area contributed by atoms with Gasteiger partial charge in [-0.1, -0.05) is 0 Å². The van der Waals surface area contributed by atoms with Crippen LogP contribution in [0, 0.1) is 0 Å². The van der Waals surface area contributed by atoms with Crippen LogP contribution in [0.1, 0.15) is 5.69 Å². The van der Waals surface area contributed by atoms with Crippen molar-refractivity contribution in [2.24, 2.45) is 12.0 Å². The predicted octanol–water partition coefficient (Wildman–Crippen LogP) is 1.33. The van der Waals surface area contributed by atoms with Gasteiger partial charge in [-0.15, -0.1) is 24.0 Å². The number of piperazine rings is 1. The highest BCUT2D eigenvalue weighted by atomic mass is 127. The summed E-state index contributed by atoms with van der Waals surface area (Å²) in [5.74, 6) is 1.75. The number of aryl methyl sites for hydroxylation is 1. The third kappa shape index (κ3) is 4.37. The Labute approximate surface area is 159 Å². The minimum Gasteiger partial charge on any atom is -0.353 e. The Balaban J connectivity index is 0.00000208. The van der Waals surface area contributed by atoms with Crippen molar-refractivity contribution >= 4 is 35.9 Å². The number of rotatable bonds is 3. The highest BCUT2D eigenvalue weighted by Crippen LogP contribution is 2.10. The molecule has 0 amide bonds. The minimum atomic E-state index is 0. The summed E-state index contributed by atoms with van der Waals surface area (Å²) in [6, 6.07) is 6.01. The van der Waals surface area contributed by atoms with Gasteiger partial charge in [-0.3, -0.25) is 4.99 Å². The third-order valence-corrected chi connectivity index (χ3v) is 4.10. The predicted molar refractivity (Wildman–Crippen MR) is 107 cm³/mol. The normalized spacial score (nSPS) is 15.2. The first-order chi connectivity index (χ1) is 11.3. The first kappa shape index (κ1) is 18.5. The zero-order chi connectivity index (χ0) is 16.1. The Bertz CT molecular complexity index is 647. The lowest BCUT2D eigenvalue weighted by Crippen LogP contribution is -2.52. The Morgan fingerprint density at radius 3 is 2.46 bits per heavy atom. The number of hydrogen-bond donors (Lipinski definition) is 1. The first-order valence-corrected chi connectivity index (χ1v) is 7.85. The Kier molecular flexibility index (Phi) is 6.83. The van der Waals surface area contributed by atoms with Crippen LogP contribution in [0.2, 0.25) is 0 Å². The highest BCUT2D eigenvalue weighted by Gasteiger charge is 2.21. The van der Waals surface area contributed by atoms with Gasteiger partial charge >= 0.3 is 0 Å². The molecule has 0 spiro atoms. The van der Waals surface area contributed by atoms with E-state index in [4.69, 9.17) is 0 Å². The van der Waals surface area contributed by atoms with E-state index in [1.165, 1.54) is 5.69 Å². The minimum absolute atomic E-state index is 0. The molecule has 1 aliphatic heterocycles. The fourth-order valence-electron chi connectivity index (χ4n) is 2.75. The molecule has 0 bridgehead atoms. The number of nitrogens with zero attached hydrogens (tertiary/aromatic N) is 6. The Morgan fingerprint density at radius 2 is 1.88 bits per heavy atom. The standard InChI is InChI=1S/C16H23N7.HI/c1-17-15(20-13-14-5-3-8-21(14)2)22-9-11-23(12-10-22)16-18-6-4-7-19-16;/h3-8H,9-13H2,1-2H3,(H,17,20);1H. The molecule has 0 aliphatic carbocycles. The van der Waals surface area contributed by atoms with E-state index < -0.39 is 0 Å². The maximum Gasteiger partial charge on any atom is 0.225 e.